The average molecular weight is 882 g/mol. The van der Waals surface area contributed by atoms with Gasteiger partial charge >= 0.3 is 5.97 Å². The van der Waals surface area contributed by atoms with Gasteiger partial charge < -0.3 is 5.11 Å². The minimum absolute atomic E-state index is 0.0768. The molecule has 0 saturated carbocycles. The Morgan fingerprint density at radius 3 is 1.16 bits per heavy atom. The number of carbonyl (C=O) groups is 3. The number of carbonyl (C=O) groups excluding carboxylic acids is 2. The van der Waals surface area contributed by atoms with Gasteiger partial charge in [0.15, 0.2) is 0 Å². The zero-order valence-electron chi connectivity index (χ0n) is 42.6. The molecule has 368 valence electrons. The van der Waals surface area contributed by atoms with Gasteiger partial charge in [-0.3, -0.25) is 19.7 Å². The van der Waals surface area contributed by atoms with E-state index in [9.17, 15) is 14.4 Å². The first kappa shape index (κ1) is 59.1. The molecule has 2 unspecified atom stereocenters. The number of aliphatic carboxylic acids is 1. The summed E-state index contributed by atoms with van der Waals surface area (Å²) in [5, 5.41) is 11.5. The van der Waals surface area contributed by atoms with Crippen LogP contribution in [0.15, 0.2) is 24.3 Å². The molecule has 1 rings (SSSR count). The molecular weight excluding hydrogens is 775 g/mol. The van der Waals surface area contributed by atoms with Crippen molar-refractivity contribution in [3.8, 4) is 0 Å². The maximum Gasteiger partial charge on any atom is 0.303 e. The van der Waals surface area contributed by atoms with Crippen molar-refractivity contribution in [1.82, 2.24) is 5.32 Å². The topological polar surface area (TPSA) is 83.5 Å². The van der Waals surface area contributed by atoms with Gasteiger partial charge in [0.25, 0.3) is 0 Å². The lowest BCUT2D eigenvalue weighted by atomic mass is 9.72. The first-order chi connectivity index (χ1) is 30.7. The monoisotopic (exact) mass is 882 g/mol. The molecule has 0 aromatic carbocycles. The maximum atomic E-state index is 13.7. The summed E-state index contributed by atoms with van der Waals surface area (Å²) in [4.78, 5) is 37.6. The SMILES string of the molecule is CC(C)CCCCCCCCCCCCCC=CC1C(=O)NC(=O)C1(C=CCCCCCCCCCCCCCC(C)C)CCCCCCCCCCCCCCCCCC(=O)O. The van der Waals surface area contributed by atoms with Gasteiger partial charge in [-0.25, -0.2) is 0 Å². The van der Waals surface area contributed by atoms with E-state index in [1.807, 2.05) is 0 Å². The third-order valence-corrected chi connectivity index (χ3v) is 14.0. The summed E-state index contributed by atoms with van der Waals surface area (Å²) in [7, 11) is 0. The van der Waals surface area contributed by atoms with Crippen LogP contribution in [0.1, 0.15) is 304 Å². The molecule has 5 heteroatoms. The quantitative estimate of drug-likeness (QED) is 0.0362. The number of carboxylic acids is 1. The van der Waals surface area contributed by atoms with Crippen LogP contribution in [-0.2, 0) is 14.4 Å². The lowest BCUT2D eigenvalue weighted by Crippen LogP contribution is -2.32. The Balaban J connectivity index is 2.45. The first-order valence-corrected chi connectivity index (χ1v) is 28.1. The van der Waals surface area contributed by atoms with Gasteiger partial charge in [-0.2, -0.15) is 0 Å². The van der Waals surface area contributed by atoms with Gasteiger partial charge in [0.2, 0.25) is 11.8 Å². The smallest absolute Gasteiger partial charge is 0.303 e. The number of imide groups is 1. The molecule has 2 N–H and O–H groups in total. The molecular formula is C58H107NO4. The minimum atomic E-state index is -0.741. The molecule has 63 heavy (non-hydrogen) atoms. The molecule has 2 atom stereocenters. The van der Waals surface area contributed by atoms with Crippen molar-refractivity contribution >= 4 is 17.8 Å². The number of hydrogen-bond acceptors (Lipinski definition) is 3. The lowest BCUT2D eigenvalue weighted by molar-refractivity contribution is -0.137. The van der Waals surface area contributed by atoms with Crippen molar-refractivity contribution in [2.45, 2.75) is 304 Å². The predicted molar refractivity (Wildman–Crippen MR) is 273 cm³/mol. The second kappa shape index (κ2) is 42.7. The standard InChI is InChI=1S/C58H107NO4/c1-52(2)46-40-34-28-22-16-10-8-12-18-24-30-36-42-48-54-56(62)59-57(63)58(54,51-45-39-33-27-21-15-9-11-17-23-29-35-41-47-53(3)4)50-44-38-32-26-20-14-7-5-6-13-19-25-31-37-43-49-55(60)61/h42,45,48,51-54H,5-41,43-44,46-47,49-50H2,1-4H3,(H,60,61)(H,59,62,63). The molecule has 1 fully saturated rings. The summed E-state index contributed by atoms with van der Waals surface area (Å²) >= 11 is 0. The summed E-state index contributed by atoms with van der Waals surface area (Å²) in [6, 6.07) is 0. The van der Waals surface area contributed by atoms with Gasteiger partial charge in [-0.1, -0.05) is 283 Å². The van der Waals surface area contributed by atoms with Gasteiger partial charge in [-0.15, -0.1) is 0 Å². The van der Waals surface area contributed by atoms with Gasteiger partial charge in [-0.05, 0) is 50.4 Å². The largest absolute Gasteiger partial charge is 0.481 e. The molecule has 0 aliphatic carbocycles. The summed E-state index contributed by atoms with van der Waals surface area (Å²) in [6.07, 6.45) is 62.1. The van der Waals surface area contributed by atoms with Crippen LogP contribution in [0.25, 0.3) is 0 Å². The molecule has 2 amide bonds. The van der Waals surface area contributed by atoms with E-state index in [2.05, 4.69) is 57.3 Å². The fraction of sp³-hybridized carbons (Fsp3) is 0.879. The maximum absolute atomic E-state index is 13.7. The fourth-order valence-electron chi connectivity index (χ4n) is 9.80. The molecule has 5 nitrogen and oxygen atoms in total. The highest BCUT2D eigenvalue weighted by Crippen LogP contribution is 2.41. The van der Waals surface area contributed by atoms with Crippen molar-refractivity contribution in [3.63, 3.8) is 0 Å². The third kappa shape index (κ3) is 35.0. The molecule has 0 spiro atoms. The van der Waals surface area contributed by atoms with Crippen molar-refractivity contribution in [2.75, 3.05) is 0 Å². The van der Waals surface area contributed by atoms with Crippen molar-refractivity contribution < 1.29 is 19.5 Å². The van der Waals surface area contributed by atoms with Crippen molar-refractivity contribution in [2.24, 2.45) is 23.2 Å². The first-order valence-electron chi connectivity index (χ1n) is 28.1. The summed E-state index contributed by atoms with van der Waals surface area (Å²) in [5.41, 5.74) is -0.741. The number of hydrogen-bond donors (Lipinski definition) is 2. The molecule has 1 aliphatic rings. The number of unbranched alkanes of at least 4 members (excludes halogenated alkanes) is 36. The predicted octanol–water partition coefficient (Wildman–Crippen LogP) is 18.5. The van der Waals surface area contributed by atoms with Crippen LogP contribution in [0.2, 0.25) is 0 Å². The second-order valence-electron chi connectivity index (χ2n) is 21.1. The summed E-state index contributed by atoms with van der Waals surface area (Å²) in [5.74, 6) is 0.443. The Labute approximate surface area is 392 Å². The van der Waals surface area contributed by atoms with Gasteiger partial charge in [0, 0.05) is 6.42 Å². The van der Waals surface area contributed by atoms with Crippen LogP contribution in [0.3, 0.4) is 0 Å². The highest BCUT2D eigenvalue weighted by Gasteiger charge is 2.51. The highest BCUT2D eigenvalue weighted by atomic mass is 16.4. The van der Waals surface area contributed by atoms with Crippen LogP contribution >= 0.6 is 0 Å². The van der Waals surface area contributed by atoms with Crippen molar-refractivity contribution in [3.05, 3.63) is 24.3 Å². The van der Waals surface area contributed by atoms with Crippen LogP contribution in [0.5, 0.6) is 0 Å². The Kier molecular flexibility index (Phi) is 40.1. The molecule has 1 saturated heterocycles. The van der Waals surface area contributed by atoms with Crippen LogP contribution in [-0.4, -0.2) is 22.9 Å². The van der Waals surface area contributed by atoms with E-state index in [1.54, 1.807) is 0 Å². The number of allylic oxidation sites excluding steroid dienone is 2. The van der Waals surface area contributed by atoms with E-state index in [0.717, 1.165) is 69.6 Å². The normalized spacial score (nSPS) is 16.8. The van der Waals surface area contributed by atoms with Crippen LogP contribution in [0.4, 0.5) is 0 Å². The minimum Gasteiger partial charge on any atom is -0.481 e. The van der Waals surface area contributed by atoms with E-state index in [1.165, 1.54) is 212 Å². The number of amides is 2. The molecule has 0 bridgehead atoms. The van der Waals surface area contributed by atoms with Crippen molar-refractivity contribution in [1.29, 1.82) is 0 Å². The molecule has 0 radical (unpaired) electrons. The third-order valence-electron chi connectivity index (χ3n) is 14.0. The number of nitrogens with one attached hydrogen (secondary N) is 1. The van der Waals surface area contributed by atoms with Gasteiger partial charge in [0.05, 0.1) is 11.3 Å². The summed E-state index contributed by atoms with van der Waals surface area (Å²) < 4.78 is 0. The van der Waals surface area contributed by atoms with Crippen LogP contribution in [0, 0.1) is 23.2 Å². The average Bonchev–Trinajstić information content (AvgIpc) is 3.48. The van der Waals surface area contributed by atoms with E-state index in [4.69, 9.17) is 5.11 Å². The Morgan fingerprint density at radius 2 is 0.794 bits per heavy atom. The number of carboxylic acid groups (broad SMARTS) is 1. The highest BCUT2D eigenvalue weighted by molar-refractivity contribution is 6.09. The number of rotatable bonds is 48. The van der Waals surface area contributed by atoms with Gasteiger partial charge in [0.1, 0.15) is 0 Å². The molecule has 1 heterocycles. The molecule has 1 aliphatic heterocycles. The van der Waals surface area contributed by atoms with E-state index >= 15 is 0 Å². The zero-order chi connectivity index (χ0) is 45.9. The molecule has 0 aromatic heterocycles. The molecule has 0 aromatic rings. The van der Waals surface area contributed by atoms with E-state index in [-0.39, 0.29) is 11.8 Å². The van der Waals surface area contributed by atoms with E-state index in [0.29, 0.717) is 6.42 Å². The Morgan fingerprint density at radius 1 is 0.476 bits per heavy atom. The summed E-state index contributed by atoms with van der Waals surface area (Å²) in [6.45, 7) is 9.31. The zero-order valence-corrected chi connectivity index (χ0v) is 42.6. The Hall–Kier alpha value is -1.91. The lowest BCUT2D eigenvalue weighted by Gasteiger charge is -2.27. The van der Waals surface area contributed by atoms with E-state index < -0.39 is 17.3 Å². The fourth-order valence-corrected chi connectivity index (χ4v) is 9.80. The Bertz CT molecular complexity index is 1130. The van der Waals surface area contributed by atoms with Crippen LogP contribution < -0.4 is 5.32 Å². The second-order valence-corrected chi connectivity index (χ2v) is 21.1.